The Labute approximate surface area is 175 Å². The summed E-state index contributed by atoms with van der Waals surface area (Å²) < 4.78 is 2.38. The highest BCUT2D eigenvalue weighted by molar-refractivity contribution is 6.10. The van der Waals surface area contributed by atoms with Crippen molar-refractivity contribution in [1.29, 1.82) is 0 Å². The van der Waals surface area contributed by atoms with E-state index in [0.717, 1.165) is 0 Å². The molecule has 30 heavy (non-hydrogen) atoms. The van der Waals surface area contributed by atoms with Crippen LogP contribution in [-0.2, 0) is 0 Å². The predicted molar refractivity (Wildman–Crippen MR) is 128 cm³/mol. The normalized spacial score (nSPS) is 11.5. The quantitative estimate of drug-likeness (QED) is 0.286. The number of fused-ring (bicyclic) bond motifs is 4. The second kappa shape index (κ2) is 6.60. The molecule has 0 saturated carbocycles. The highest BCUT2D eigenvalue weighted by atomic mass is 15.0. The fourth-order valence-corrected chi connectivity index (χ4v) is 4.49. The van der Waals surface area contributed by atoms with Crippen LogP contribution in [0.25, 0.3) is 49.4 Å². The highest BCUT2D eigenvalue weighted by Gasteiger charge is 2.13. The van der Waals surface area contributed by atoms with Gasteiger partial charge in [0.15, 0.2) is 0 Å². The number of aryl methyl sites for hydroxylation is 1. The van der Waals surface area contributed by atoms with Gasteiger partial charge in [-0.15, -0.1) is 0 Å². The van der Waals surface area contributed by atoms with E-state index in [1.165, 1.54) is 55.0 Å². The van der Waals surface area contributed by atoms with Crippen LogP contribution < -0.4 is 0 Å². The van der Waals surface area contributed by atoms with Gasteiger partial charge in [0.1, 0.15) is 0 Å². The first-order valence-corrected chi connectivity index (χ1v) is 10.4. The van der Waals surface area contributed by atoms with E-state index in [1.807, 2.05) is 0 Å². The van der Waals surface area contributed by atoms with E-state index in [4.69, 9.17) is 0 Å². The molecular weight excluding hydrogens is 362 g/mol. The maximum absolute atomic E-state index is 2.38. The average molecular weight is 383 g/mol. The SMILES string of the molecule is Cc1ccc(-n2c3ccccc3c3ccc(-c4ccc5ccccc5c4)cc32)cc1. The van der Waals surface area contributed by atoms with Crippen molar-refractivity contribution < 1.29 is 0 Å². The Morgan fingerprint density at radius 1 is 0.500 bits per heavy atom. The fraction of sp³-hybridized carbons (Fsp3) is 0.0345. The van der Waals surface area contributed by atoms with Gasteiger partial charge in [0.25, 0.3) is 0 Å². The molecule has 0 N–H and O–H groups in total. The first-order valence-electron chi connectivity index (χ1n) is 10.4. The molecule has 0 amide bonds. The van der Waals surface area contributed by atoms with Crippen molar-refractivity contribution in [3.8, 4) is 16.8 Å². The molecule has 0 unspecified atom stereocenters. The molecule has 0 spiro atoms. The summed E-state index contributed by atoms with van der Waals surface area (Å²) in [7, 11) is 0. The van der Waals surface area contributed by atoms with Crippen LogP contribution in [0.15, 0.2) is 109 Å². The molecule has 0 radical (unpaired) electrons. The molecular formula is C29H21N. The van der Waals surface area contributed by atoms with Gasteiger partial charge in [0.2, 0.25) is 0 Å². The Morgan fingerprint density at radius 3 is 2.03 bits per heavy atom. The minimum atomic E-state index is 1.20. The Hall–Kier alpha value is -3.84. The second-order valence-corrected chi connectivity index (χ2v) is 7.98. The van der Waals surface area contributed by atoms with Crippen molar-refractivity contribution in [2.24, 2.45) is 0 Å². The largest absolute Gasteiger partial charge is 0.309 e. The molecule has 1 nitrogen and oxygen atoms in total. The third kappa shape index (κ3) is 2.63. The van der Waals surface area contributed by atoms with Crippen LogP contribution in [0.3, 0.4) is 0 Å². The van der Waals surface area contributed by atoms with Crippen molar-refractivity contribution >= 4 is 32.6 Å². The number of nitrogens with zero attached hydrogens (tertiary/aromatic N) is 1. The van der Waals surface area contributed by atoms with E-state index in [-0.39, 0.29) is 0 Å². The zero-order chi connectivity index (χ0) is 20.1. The summed E-state index contributed by atoms with van der Waals surface area (Å²) in [6, 6.07) is 39.6. The first-order chi connectivity index (χ1) is 14.8. The van der Waals surface area contributed by atoms with Gasteiger partial charge in [-0.2, -0.15) is 0 Å². The maximum atomic E-state index is 2.38. The Morgan fingerprint density at radius 2 is 1.17 bits per heavy atom. The fourth-order valence-electron chi connectivity index (χ4n) is 4.49. The van der Waals surface area contributed by atoms with E-state index < -0.39 is 0 Å². The lowest BCUT2D eigenvalue weighted by Crippen LogP contribution is -1.93. The molecule has 6 aromatic rings. The van der Waals surface area contributed by atoms with Crippen molar-refractivity contribution in [3.63, 3.8) is 0 Å². The molecule has 0 aliphatic heterocycles. The van der Waals surface area contributed by atoms with Gasteiger partial charge in [-0.3, -0.25) is 0 Å². The highest BCUT2D eigenvalue weighted by Crippen LogP contribution is 2.35. The summed E-state index contributed by atoms with van der Waals surface area (Å²) in [5, 5.41) is 5.12. The molecule has 6 rings (SSSR count). The monoisotopic (exact) mass is 383 g/mol. The molecule has 0 atom stereocenters. The zero-order valence-electron chi connectivity index (χ0n) is 16.8. The van der Waals surface area contributed by atoms with Crippen LogP contribution in [0.2, 0.25) is 0 Å². The Balaban J connectivity index is 1.64. The zero-order valence-corrected chi connectivity index (χ0v) is 16.8. The van der Waals surface area contributed by atoms with Crippen LogP contribution in [0.1, 0.15) is 5.56 Å². The van der Waals surface area contributed by atoms with Crippen LogP contribution in [0, 0.1) is 6.92 Å². The maximum Gasteiger partial charge on any atom is 0.0547 e. The number of aromatic nitrogens is 1. The van der Waals surface area contributed by atoms with E-state index >= 15 is 0 Å². The number of rotatable bonds is 2. The van der Waals surface area contributed by atoms with Gasteiger partial charge in [-0.05, 0) is 59.2 Å². The molecule has 0 saturated heterocycles. The topological polar surface area (TPSA) is 4.93 Å². The van der Waals surface area contributed by atoms with Gasteiger partial charge >= 0.3 is 0 Å². The van der Waals surface area contributed by atoms with E-state index in [9.17, 15) is 0 Å². The van der Waals surface area contributed by atoms with Crippen LogP contribution in [-0.4, -0.2) is 4.57 Å². The lowest BCUT2D eigenvalue weighted by Gasteiger charge is -2.10. The summed E-state index contributed by atoms with van der Waals surface area (Å²) >= 11 is 0. The van der Waals surface area contributed by atoms with E-state index in [2.05, 4.69) is 121 Å². The third-order valence-electron chi connectivity index (χ3n) is 6.05. The lowest BCUT2D eigenvalue weighted by molar-refractivity contribution is 1.17. The number of hydrogen-bond acceptors (Lipinski definition) is 0. The Bertz CT molecular complexity index is 1530. The van der Waals surface area contributed by atoms with Gasteiger partial charge in [0, 0.05) is 16.5 Å². The summed E-state index contributed by atoms with van der Waals surface area (Å²) in [4.78, 5) is 0. The molecule has 0 aliphatic carbocycles. The smallest absolute Gasteiger partial charge is 0.0547 e. The van der Waals surface area contributed by atoms with Gasteiger partial charge < -0.3 is 4.57 Å². The van der Waals surface area contributed by atoms with Crippen molar-refractivity contribution in [2.45, 2.75) is 6.92 Å². The summed E-state index contributed by atoms with van der Waals surface area (Å²) in [6.07, 6.45) is 0. The number of benzene rings is 5. The number of hydrogen-bond donors (Lipinski definition) is 0. The average Bonchev–Trinajstić information content (AvgIpc) is 3.13. The first kappa shape index (κ1) is 17.1. The van der Waals surface area contributed by atoms with Crippen LogP contribution in [0.4, 0.5) is 0 Å². The summed E-state index contributed by atoms with van der Waals surface area (Å²) in [5.74, 6) is 0. The van der Waals surface area contributed by atoms with Crippen LogP contribution in [0.5, 0.6) is 0 Å². The van der Waals surface area contributed by atoms with Gasteiger partial charge in [-0.1, -0.05) is 84.4 Å². The minimum absolute atomic E-state index is 1.20. The molecule has 0 aliphatic rings. The predicted octanol–water partition coefficient (Wildman–Crippen LogP) is 7.91. The van der Waals surface area contributed by atoms with Crippen LogP contribution >= 0.6 is 0 Å². The molecule has 142 valence electrons. The van der Waals surface area contributed by atoms with Gasteiger partial charge in [0.05, 0.1) is 11.0 Å². The van der Waals surface area contributed by atoms with Crippen molar-refractivity contribution in [3.05, 3.63) is 115 Å². The molecule has 1 aromatic heterocycles. The molecule has 1 heteroatoms. The summed E-state index contributed by atoms with van der Waals surface area (Å²) in [6.45, 7) is 2.13. The second-order valence-electron chi connectivity index (χ2n) is 7.98. The van der Waals surface area contributed by atoms with Crippen molar-refractivity contribution in [2.75, 3.05) is 0 Å². The molecule has 0 bridgehead atoms. The number of para-hydroxylation sites is 1. The van der Waals surface area contributed by atoms with Gasteiger partial charge in [-0.25, -0.2) is 0 Å². The molecule has 5 aromatic carbocycles. The van der Waals surface area contributed by atoms with Crippen molar-refractivity contribution in [1.82, 2.24) is 4.57 Å². The van der Waals surface area contributed by atoms with E-state index in [1.54, 1.807) is 0 Å². The standard InChI is InChI=1S/C29H21N/c1-20-10-15-25(16-11-20)30-28-9-5-4-8-26(28)27-17-14-24(19-29(27)30)23-13-12-21-6-2-3-7-22(21)18-23/h2-19H,1H3. The van der Waals surface area contributed by atoms with E-state index in [0.29, 0.717) is 0 Å². The lowest BCUT2D eigenvalue weighted by atomic mass is 10.00. The third-order valence-corrected chi connectivity index (χ3v) is 6.05. The Kier molecular flexibility index (Phi) is 3.75. The summed E-state index contributed by atoms with van der Waals surface area (Å²) in [5.41, 5.74) is 7.44. The molecule has 1 heterocycles. The minimum Gasteiger partial charge on any atom is -0.309 e. The molecule has 0 fully saturated rings.